The van der Waals surface area contributed by atoms with Crippen LogP contribution in [0.15, 0.2) is 78.9 Å². The number of fused-ring (bicyclic) bond motifs is 2. The highest BCUT2D eigenvalue weighted by molar-refractivity contribution is 6.05. The number of aromatic nitrogens is 1. The number of hydrogen-bond donors (Lipinski definition) is 0. The summed E-state index contributed by atoms with van der Waals surface area (Å²) in [7, 11) is 0. The molecule has 4 heteroatoms. The molecule has 0 fully saturated rings. The van der Waals surface area contributed by atoms with Gasteiger partial charge in [0, 0.05) is 11.1 Å². The van der Waals surface area contributed by atoms with Gasteiger partial charge in [-0.05, 0) is 60.7 Å². The van der Waals surface area contributed by atoms with Crippen molar-refractivity contribution < 1.29 is 14.3 Å². The molecule has 0 saturated carbocycles. The van der Waals surface area contributed by atoms with E-state index in [9.17, 15) is 4.79 Å². The molecule has 3 aromatic carbocycles. The molecule has 0 bridgehead atoms. The topological polar surface area (TPSA) is 48.4 Å². The Morgan fingerprint density at radius 1 is 0.867 bits per heavy atom. The van der Waals surface area contributed by atoms with Gasteiger partial charge in [-0.15, -0.1) is 0 Å². The van der Waals surface area contributed by atoms with Crippen LogP contribution < -0.4 is 4.74 Å². The zero-order chi connectivity index (χ0) is 20.3. The minimum Gasteiger partial charge on any atom is -0.457 e. The number of rotatable bonds is 5. The van der Waals surface area contributed by atoms with Gasteiger partial charge in [-0.1, -0.05) is 48.5 Å². The Kier molecular flexibility index (Phi) is 4.89. The molecule has 0 unspecified atom stereocenters. The first-order chi connectivity index (χ1) is 14.8. The highest BCUT2D eigenvalue weighted by atomic mass is 16.5. The summed E-state index contributed by atoms with van der Waals surface area (Å²) in [5.41, 5.74) is 4.47. The van der Waals surface area contributed by atoms with Crippen LogP contribution in [-0.4, -0.2) is 11.0 Å². The molecule has 0 spiro atoms. The van der Waals surface area contributed by atoms with Crippen LogP contribution in [0.25, 0.3) is 10.9 Å². The van der Waals surface area contributed by atoms with E-state index in [0.29, 0.717) is 11.3 Å². The fraction of sp³-hybridized carbons (Fsp3) is 0.154. The molecule has 0 radical (unpaired) electrons. The Bertz CT molecular complexity index is 1220. The quantitative estimate of drug-likeness (QED) is 0.396. The number of para-hydroxylation sites is 2. The first-order valence-corrected chi connectivity index (χ1v) is 10.2. The van der Waals surface area contributed by atoms with Crippen molar-refractivity contribution in [2.24, 2.45) is 0 Å². The molecule has 1 heterocycles. The number of aryl methyl sites for hydroxylation is 1. The maximum Gasteiger partial charge on any atom is 0.339 e. The maximum absolute atomic E-state index is 13.1. The van der Waals surface area contributed by atoms with Gasteiger partial charge in [-0.25, -0.2) is 4.79 Å². The van der Waals surface area contributed by atoms with Gasteiger partial charge in [0.25, 0.3) is 0 Å². The van der Waals surface area contributed by atoms with Crippen molar-refractivity contribution in [2.45, 2.75) is 25.9 Å². The fourth-order valence-corrected chi connectivity index (χ4v) is 3.99. The lowest BCUT2D eigenvalue weighted by Gasteiger charge is -2.13. The average molecular weight is 395 g/mol. The third-order valence-corrected chi connectivity index (χ3v) is 5.37. The van der Waals surface area contributed by atoms with E-state index in [1.165, 1.54) is 0 Å². The van der Waals surface area contributed by atoms with E-state index in [-0.39, 0.29) is 12.6 Å². The van der Waals surface area contributed by atoms with Crippen molar-refractivity contribution in [3.05, 3.63) is 101 Å². The van der Waals surface area contributed by atoms with Gasteiger partial charge in [-0.3, -0.25) is 4.98 Å². The van der Waals surface area contributed by atoms with Crippen LogP contribution in [0.1, 0.15) is 33.6 Å². The SMILES string of the molecule is O=C(OCc1cccc(Oc2ccccc2)c1)c1c2c(nc3ccccc13)CCC2. The van der Waals surface area contributed by atoms with E-state index in [1.54, 1.807) is 0 Å². The molecule has 1 aromatic heterocycles. The predicted octanol–water partition coefficient (Wildman–Crippen LogP) is 5.87. The first kappa shape index (κ1) is 18.4. The third kappa shape index (κ3) is 3.64. The smallest absolute Gasteiger partial charge is 0.339 e. The number of carbonyl (C=O) groups is 1. The molecule has 30 heavy (non-hydrogen) atoms. The fourth-order valence-electron chi connectivity index (χ4n) is 3.99. The molecule has 0 saturated heterocycles. The van der Waals surface area contributed by atoms with Gasteiger partial charge in [0.2, 0.25) is 0 Å². The minimum absolute atomic E-state index is 0.191. The molecule has 5 rings (SSSR count). The Balaban J connectivity index is 1.37. The summed E-state index contributed by atoms with van der Waals surface area (Å²) in [5.74, 6) is 1.19. The second-order valence-electron chi connectivity index (χ2n) is 7.42. The van der Waals surface area contributed by atoms with E-state index in [4.69, 9.17) is 14.5 Å². The van der Waals surface area contributed by atoms with Crippen molar-refractivity contribution in [2.75, 3.05) is 0 Å². The number of esters is 1. The van der Waals surface area contributed by atoms with Gasteiger partial charge in [-0.2, -0.15) is 0 Å². The number of carbonyl (C=O) groups excluding carboxylic acids is 1. The number of ether oxygens (including phenoxy) is 2. The number of nitrogens with zero attached hydrogens (tertiary/aromatic N) is 1. The molecule has 1 aliphatic carbocycles. The van der Waals surface area contributed by atoms with E-state index < -0.39 is 0 Å². The van der Waals surface area contributed by atoms with Gasteiger partial charge in [0.05, 0.1) is 11.1 Å². The molecule has 0 atom stereocenters. The Labute approximate surface area is 175 Å². The Morgan fingerprint density at radius 2 is 1.67 bits per heavy atom. The molecule has 0 N–H and O–H groups in total. The maximum atomic E-state index is 13.1. The lowest BCUT2D eigenvalue weighted by atomic mass is 10.0. The molecule has 4 aromatic rings. The normalized spacial score (nSPS) is 12.5. The summed E-state index contributed by atoms with van der Waals surface area (Å²) >= 11 is 0. The van der Waals surface area contributed by atoms with E-state index >= 15 is 0 Å². The summed E-state index contributed by atoms with van der Waals surface area (Å²) in [6.45, 7) is 0.191. The Morgan fingerprint density at radius 3 is 2.57 bits per heavy atom. The van der Waals surface area contributed by atoms with Crippen molar-refractivity contribution in [3.63, 3.8) is 0 Å². The van der Waals surface area contributed by atoms with Gasteiger partial charge >= 0.3 is 5.97 Å². The van der Waals surface area contributed by atoms with Crippen molar-refractivity contribution in [1.82, 2.24) is 4.98 Å². The second-order valence-corrected chi connectivity index (χ2v) is 7.42. The number of pyridine rings is 1. The summed E-state index contributed by atoms with van der Waals surface area (Å²) in [6, 6.07) is 25.0. The van der Waals surface area contributed by atoms with Crippen LogP contribution >= 0.6 is 0 Å². The largest absolute Gasteiger partial charge is 0.457 e. The highest BCUT2D eigenvalue weighted by Gasteiger charge is 2.24. The summed E-state index contributed by atoms with van der Waals surface area (Å²) in [5, 5.41) is 0.865. The lowest BCUT2D eigenvalue weighted by Crippen LogP contribution is -2.10. The van der Waals surface area contributed by atoms with E-state index in [2.05, 4.69) is 0 Å². The minimum atomic E-state index is -0.291. The first-order valence-electron chi connectivity index (χ1n) is 10.2. The van der Waals surface area contributed by atoms with Crippen LogP contribution in [-0.2, 0) is 24.2 Å². The van der Waals surface area contributed by atoms with E-state index in [1.807, 2.05) is 78.9 Å². The number of hydrogen-bond acceptors (Lipinski definition) is 4. The predicted molar refractivity (Wildman–Crippen MR) is 116 cm³/mol. The monoisotopic (exact) mass is 395 g/mol. The zero-order valence-electron chi connectivity index (χ0n) is 16.5. The van der Waals surface area contributed by atoms with Crippen LogP contribution in [0.3, 0.4) is 0 Å². The summed E-state index contributed by atoms with van der Waals surface area (Å²) < 4.78 is 11.6. The van der Waals surface area contributed by atoms with Gasteiger partial charge in [0.1, 0.15) is 18.1 Å². The van der Waals surface area contributed by atoms with Gasteiger partial charge in [0.15, 0.2) is 0 Å². The van der Waals surface area contributed by atoms with Crippen molar-refractivity contribution in [3.8, 4) is 11.5 Å². The van der Waals surface area contributed by atoms with Crippen LogP contribution in [0.4, 0.5) is 0 Å². The highest BCUT2D eigenvalue weighted by Crippen LogP contribution is 2.31. The molecular formula is C26H21NO3. The second kappa shape index (κ2) is 7.99. The van der Waals surface area contributed by atoms with Crippen LogP contribution in [0, 0.1) is 0 Å². The lowest BCUT2D eigenvalue weighted by molar-refractivity contribution is 0.0473. The van der Waals surface area contributed by atoms with E-state index in [0.717, 1.165) is 52.7 Å². The molecule has 0 aliphatic heterocycles. The van der Waals surface area contributed by atoms with Crippen molar-refractivity contribution in [1.29, 1.82) is 0 Å². The Hall–Kier alpha value is -3.66. The molecule has 4 nitrogen and oxygen atoms in total. The third-order valence-electron chi connectivity index (χ3n) is 5.37. The molecule has 0 amide bonds. The number of benzene rings is 3. The standard InChI is InChI=1S/C26H21NO3/c28-26(25-21-12-4-5-14-23(21)27-24-15-7-13-22(24)25)29-17-18-8-6-11-20(16-18)30-19-9-2-1-3-10-19/h1-6,8-12,14,16H,7,13,15,17H2. The summed E-state index contributed by atoms with van der Waals surface area (Å²) in [4.78, 5) is 17.8. The van der Waals surface area contributed by atoms with Crippen LogP contribution in [0.5, 0.6) is 11.5 Å². The zero-order valence-corrected chi connectivity index (χ0v) is 16.5. The van der Waals surface area contributed by atoms with Crippen molar-refractivity contribution >= 4 is 16.9 Å². The molecular weight excluding hydrogens is 374 g/mol. The summed E-state index contributed by atoms with van der Waals surface area (Å²) in [6.07, 6.45) is 2.81. The van der Waals surface area contributed by atoms with Crippen LogP contribution in [0.2, 0.25) is 0 Å². The molecule has 148 valence electrons. The van der Waals surface area contributed by atoms with Gasteiger partial charge < -0.3 is 9.47 Å². The average Bonchev–Trinajstić information content (AvgIpc) is 3.25. The molecule has 1 aliphatic rings.